The van der Waals surface area contributed by atoms with Crippen LogP contribution in [0.15, 0.2) is 60.8 Å². The van der Waals surface area contributed by atoms with Gasteiger partial charge in [-0.3, -0.25) is 4.79 Å². The van der Waals surface area contributed by atoms with Crippen LogP contribution >= 0.6 is 11.6 Å². The third-order valence-corrected chi connectivity index (χ3v) is 4.14. The molecule has 0 fully saturated rings. The zero-order valence-electron chi connectivity index (χ0n) is 14.0. The first kappa shape index (κ1) is 17.5. The summed E-state index contributed by atoms with van der Waals surface area (Å²) in [6.45, 7) is 1.94. The Morgan fingerprint density at radius 3 is 2.35 bits per heavy atom. The Kier molecular flexibility index (Phi) is 5.16. The van der Waals surface area contributed by atoms with Gasteiger partial charge in [0.15, 0.2) is 0 Å². The van der Waals surface area contributed by atoms with E-state index in [0.29, 0.717) is 22.0 Å². The maximum absolute atomic E-state index is 12.2. The number of amides is 1. The minimum Gasteiger partial charge on any atom is -0.354 e. The maximum atomic E-state index is 12.2. The second-order valence-corrected chi connectivity index (χ2v) is 6.07. The minimum absolute atomic E-state index is 0.293. The average Bonchev–Trinajstić information content (AvgIpc) is 2.66. The topological polar surface area (TPSA) is 77.8 Å². The number of halogens is 1. The molecular formula is C20H15ClN4O. The van der Waals surface area contributed by atoms with Crippen molar-refractivity contribution in [2.45, 2.75) is 6.92 Å². The van der Waals surface area contributed by atoms with Gasteiger partial charge in [0.2, 0.25) is 0 Å². The summed E-state index contributed by atoms with van der Waals surface area (Å²) in [6.07, 6.45) is 1.58. The number of aryl methyl sites for hydroxylation is 1. The van der Waals surface area contributed by atoms with Gasteiger partial charge in [0, 0.05) is 16.4 Å². The van der Waals surface area contributed by atoms with Crippen molar-refractivity contribution < 1.29 is 4.79 Å². The number of rotatable bonds is 4. The summed E-state index contributed by atoms with van der Waals surface area (Å²) in [5, 5.41) is 15.4. The lowest BCUT2D eigenvalue weighted by Gasteiger charge is -2.09. The van der Waals surface area contributed by atoms with Gasteiger partial charge in [-0.05, 0) is 61.0 Å². The van der Waals surface area contributed by atoms with Gasteiger partial charge < -0.3 is 10.6 Å². The van der Waals surface area contributed by atoms with Gasteiger partial charge in [-0.15, -0.1) is 0 Å². The molecule has 5 nitrogen and oxygen atoms in total. The second-order valence-electron chi connectivity index (χ2n) is 5.66. The van der Waals surface area contributed by atoms with E-state index in [0.717, 1.165) is 16.9 Å². The van der Waals surface area contributed by atoms with Crippen LogP contribution in [0.1, 0.15) is 21.6 Å². The molecule has 26 heavy (non-hydrogen) atoms. The number of nitrogens with zero attached hydrogens (tertiary/aromatic N) is 2. The quantitative estimate of drug-likeness (QED) is 0.691. The van der Waals surface area contributed by atoms with Crippen LogP contribution in [-0.4, -0.2) is 10.9 Å². The van der Waals surface area contributed by atoms with E-state index in [1.54, 1.807) is 42.6 Å². The van der Waals surface area contributed by atoms with Gasteiger partial charge in [-0.2, -0.15) is 5.26 Å². The van der Waals surface area contributed by atoms with Gasteiger partial charge in [0.1, 0.15) is 5.69 Å². The van der Waals surface area contributed by atoms with Crippen LogP contribution in [0.2, 0.25) is 5.02 Å². The number of nitriles is 1. The third kappa shape index (κ3) is 4.18. The number of pyridine rings is 1. The Morgan fingerprint density at radius 2 is 1.73 bits per heavy atom. The van der Waals surface area contributed by atoms with E-state index < -0.39 is 0 Å². The molecule has 0 radical (unpaired) electrons. The monoisotopic (exact) mass is 362 g/mol. The molecule has 0 atom stereocenters. The largest absolute Gasteiger partial charge is 0.354 e. The van der Waals surface area contributed by atoms with Crippen molar-refractivity contribution in [3.63, 3.8) is 0 Å². The summed E-state index contributed by atoms with van der Waals surface area (Å²) in [7, 11) is 0. The highest BCUT2D eigenvalue weighted by molar-refractivity contribution is 6.31. The Balaban J connectivity index is 1.67. The van der Waals surface area contributed by atoms with Crippen molar-refractivity contribution in [1.29, 1.82) is 5.26 Å². The lowest BCUT2D eigenvalue weighted by Crippen LogP contribution is -2.13. The van der Waals surface area contributed by atoms with Crippen LogP contribution in [-0.2, 0) is 0 Å². The maximum Gasteiger partial charge on any atom is 0.274 e. The number of carbonyl (C=O) groups excluding carboxylic acids is 1. The highest BCUT2D eigenvalue weighted by atomic mass is 35.5. The molecule has 3 rings (SSSR count). The zero-order valence-corrected chi connectivity index (χ0v) is 14.7. The minimum atomic E-state index is -0.320. The zero-order chi connectivity index (χ0) is 18.5. The van der Waals surface area contributed by atoms with E-state index in [2.05, 4.69) is 15.6 Å². The Hall–Kier alpha value is -3.36. The van der Waals surface area contributed by atoms with Crippen molar-refractivity contribution in [1.82, 2.24) is 4.98 Å². The molecule has 0 aliphatic carbocycles. The van der Waals surface area contributed by atoms with E-state index in [-0.39, 0.29) is 5.91 Å². The van der Waals surface area contributed by atoms with Crippen LogP contribution in [0.3, 0.4) is 0 Å². The molecule has 1 aromatic heterocycles. The fraction of sp³-hybridized carbons (Fsp3) is 0.0500. The SMILES string of the molecule is Cc1ccc(Nc2ccc(C(=O)Nc3ccc(C#N)cc3)nc2)cc1Cl. The summed E-state index contributed by atoms with van der Waals surface area (Å²) >= 11 is 6.12. The van der Waals surface area contributed by atoms with Crippen molar-refractivity contribution in [3.05, 3.63) is 82.6 Å². The Morgan fingerprint density at radius 1 is 1.04 bits per heavy atom. The standard InChI is InChI=1S/C20H15ClN4O/c1-13-2-5-16(10-18(13)21)24-17-8-9-19(23-12-17)20(26)25-15-6-3-14(11-22)4-7-15/h2-10,12,24H,1H3,(H,25,26). The van der Waals surface area contributed by atoms with Crippen LogP contribution in [0.4, 0.5) is 17.1 Å². The molecule has 0 saturated carbocycles. The number of aromatic nitrogens is 1. The number of hydrogen-bond donors (Lipinski definition) is 2. The molecule has 0 aliphatic heterocycles. The number of carbonyl (C=O) groups is 1. The van der Waals surface area contributed by atoms with Crippen molar-refractivity contribution in [3.8, 4) is 6.07 Å². The second kappa shape index (κ2) is 7.68. The number of nitrogens with one attached hydrogen (secondary N) is 2. The van der Waals surface area contributed by atoms with E-state index in [1.807, 2.05) is 31.2 Å². The molecular weight excluding hydrogens is 348 g/mol. The molecule has 2 N–H and O–H groups in total. The fourth-order valence-corrected chi connectivity index (χ4v) is 2.44. The predicted molar refractivity (Wildman–Crippen MR) is 103 cm³/mol. The van der Waals surface area contributed by atoms with Gasteiger partial charge >= 0.3 is 0 Å². The molecule has 128 valence electrons. The summed E-state index contributed by atoms with van der Waals surface area (Å²) in [4.78, 5) is 16.4. The molecule has 0 bridgehead atoms. The van der Waals surface area contributed by atoms with Gasteiger partial charge in [-0.1, -0.05) is 17.7 Å². The van der Waals surface area contributed by atoms with Gasteiger partial charge in [0.05, 0.1) is 23.5 Å². The smallest absolute Gasteiger partial charge is 0.274 e. The highest BCUT2D eigenvalue weighted by Gasteiger charge is 2.08. The molecule has 0 spiro atoms. The summed E-state index contributed by atoms with van der Waals surface area (Å²) < 4.78 is 0. The van der Waals surface area contributed by atoms with E-state index in [9.17, 15) is 4.79 Å². The van der Waals surface area contributed by atoms with Crippen LogP contribution < -0.4 is 10.6 Å². The summed E-state index contributed by atoms with van der Waals surface area (Å²) in [5.74, 6) is -0.320. The lowest BCUT2D eigenvalue weighted by molar-refractivity contribution is 0.102. The molecule has 6 heteroatoms. The Labute approximate surface area is 156 Å². The van der Waals surface area contributed by atoms with Crippen molar-refractivity contribution >= 4 is 34.6 Å². The first-order valence-corrected chi connectivity index (χ1v) is 8.24. The third-order valence-electron chi connectivity index (χ3n) is 3.73. The average molecular weight is 363 g/mol. The molecule has 0 saturated heterocycles. The molecule has 1 amide bonds. The highest BCUT2D eigenvalue weighted by Crippen LogP contribution is 2.23. The lowest BCUT2D eigenvalue weighted by atomic mass is 10.2. The number of benzene rings is 2. The normalized spacial score (nSPS) is 10.0. The first-order valence-electron chi connectivity index (χ1n) is 7.86. The molecule has 3 aromatic rings. The fourth-order valence-electron chi connectivity index (χ4n) is 2.26. The number of anilines is 3. The van der Waals surface area contributed by atoms with Crippen molar-refractivity contribution in [2.75, 3.05) is 10.6 Å². The molecule has 0 aliphatic rings. The van der Waals surface area contributed by atoms with E-state index >= 15 is 0 Å². The first-order chi connectivity index (χ1) is 12.5. The molecule has 2 aromatic carbocycles. The van der Waals surface area contributed by atoms with Crippen molar-refractivity contribution in [2.24, 2.45) is 0 Å². The predicted octanol–water partition coefficient (Wildman–Crippen LogP) is 4.91. The van der Waals surface area contributed by atoms with Gasteiger partial charge in [0.25, 0.3) is 5.91 Å². The van der Waals surface area contributed by atoms with E-state index in [4.69, 9.17) is 16.9 Å². The van der Waals surface area contributed by atoms with Crippen LogP contribution in [0.5, 0.6) is 0 Å². The summed E-state index contributed by atoms with van der Waals surface area (Å²) in [5.41, 5.74) is 4.03. The Bertz CT molecular complexity index is 976. The van der Waals surface area contributed by atoms with Crippen LogP contribution in [0, 0.1) is 18.3 Å². The van der Waals surface area contributed by atoms with E-state index in [1.165, 1.54) is 0 Å². The van der Waals surface area contributed by atoms with Gasteiger partial charge in [-0.25, -0.2) is 4.98 Å². The molecule has 1 heterocycles. The number of hydrogen-bond acceptors (Lipinski definition) is 4. The summed E-state index contributed by atoms with van der Waals surface area (Å²) in [6, 6.07) is 17.8. The van der Waals surface area contributed by atoms with Crippen LogP contribution in [0.25, 0.3) is 0 Å². The molecule has 0 unspecified atom stereocenters.